The maximum atomic E-state index is 10.6. The number of ether oxygens (including phenoxy) is 1. The van der Waals surface area contributed by atoms with Gasteiger partial charge < -0.3 is 19.5 Å². The van der Waals surface area contributed by atoms with Gasteiger partial charge in [-0.15, -0.1) is 0 Å². The summed E-state index contributed by atoms with van der Waals surface area (Å²) >= 11 is 2.39. The van der Waals surface area contributed by atoms with Crippen molar-refractivity contribution in [1.82, 2.24) is 9.58 Å². The molecule has 0 unspecified atom stereocenters. The molecule has 3 heterocycles. The summed E-state index contributed by atoms with van der Waals surface area (Å²) in [6.07, 6.45) is 1.69. The van der Waals surface area contributed by atoms with E-state index in [0.29, 0.717) is 6.54 Å². The number of aliphatic hydroxyl groups excluding tert-OH is 2. The Morgan fingerprint density at radius 2 is 1.85 bits per heavy atom. The molecule has 7 nitrogen and oxygen atoms in total. The molecule has 0 spiro atoms. The van der Waals surface area contributed by atoms with Crippen molar-refractivity contribution in [2.75, 3.05) is 9.85 Å². The Bertz CT molecular complexity index is 1130. The number of aryl methyl sites for hydroxylation is 1. The van der Waals surface area contributed by atoms with Crippen molar-refractivity contribution in [2.24, 2.45) is 4.99 Å². The first kappa shape index (κ1) is 22.4. The maximum Gasteiger partial charge on any atom is 0.164 e. The summed E-state index contributed by atoms with van der Waals surface area (Å²) in [6.45, 7) is 2.36. The van der Waals surface area contributed by atoms with Gasteiger partial charge in [-0.05, 0) is 36.6 Å². The van der Waals surface area contributed by atoms with Crippen LogP contribution in [0.15, 0.2) is 65.8 Å². The van der Waals surface area contributed by atoms with E-state index >= 15 is 0 Å². The van der Waals surface area contributed by atoms with Crippen molar-refractivity contribution in [3.8, 4) is 11.1 Å². The fourth-order valence-corrected chi connectivity index (χ4v) is 5.02. The van der Waals surface area contributed by atoms with Crippen molar-refractivity contribution >= 4 is 40.4 Å². The number of alkyl halides is 1. The van der Waals surface area contributed by atoms with E-state index in [-0.39, 0.29) is 0 Å². The van der Waals surface area contributed by atoms with Crippen LogP contribution in [0.5, 0.6) is 0 Å². The molecule has 33 heavy (non-hydrogen) atoms. The average Bonchev–Trinajstić information content (AvgIpc) is 3.33. The summed E-state index contributed by atoms with van der Waals surface area (Å²) in [5, 5.41) is 22.8. The van der Waals surface area contributed by atoms with Crippen molar-refractivity contribution in [1.29, 1.82) is 0 Å². The van der Waals surface area contributed by atoms with Gasteiger partial charge in [-0.2, -0.15) is 0 Å². The number of nitrogens with one attached hydrogen (secondary N) is 1. The molecule has 2 aliphatic heterocycles. The molecule has 2 aromatic carbocycles. The zero-order valence-electron chi connectivity index (χ0n) is 18.3. The number of hydrogen-bond donors (Lipinski definition) is 3. The normalized spacial score (nSPS) is 24.2. The summed E-state index contributed by atoms with van der Waals surface area (Å²) in [4.78, 5) is 4.72. The van der Waals surface area contributed by atoms with E-state index in [1.54, 1.807) is 13.3 Å². The molecule has 8 heteroatoms. The molecule has 3 aromatic rings. The predicted molar refractivity (Wildman–Crippen MR) is 138 cm³/mol. The van der Waals surface area contributed by atoms with E-state index in [0.717, 1.165) is 39.0 Å². The Morgan fingerprint density at radius 1 is 1.09 bits per heavy atom. The van der Waals surface area contributed by atoms with Crippen LogP contribution in [0.2, 0.25) is 0 Å². The van der Waals surface area contributed by atoms with E-state index < -0.39 is 24.5 Å². The Balaban J connectivity index is 1.46. The Hall–Kier alpha value is -2.40. The summed E-state index contributed by atoms with van der Waals surface area (Å²) < 4.78 is 8.85. The van der Waals surface area contributed by atoms with Gasteiger partial charge in [0, 0.05) is 21.8 Å². The van der Waals surface area contributed by atoms with Crippen LogP contribution < -0.4 is 5.43 Å². The molecule has 5 rings (SSSR count). The molecule has 0 aliphatic carbocycles. The second-order valence-electron chi connectivity index (χ2n) is 8.45. The number of hydrazine groups is 1. The van der Waals surface area contributed by atoms with Gasteiger partial charge in [0.25, 0.3) is 0 Å². The second-order valence-corrected chi connectivity index (χ2v) is 9.53. The number of aromatic nitrogens is 1. The van der Waals surface area contributed by atoms with Crippen LogP contribution in [0, 0.1) is 0 Å². The number of benzene rings is 2. The molecule has 4 atom stereocenters. The monoisotopic (exact) mass is 558 g/mol. The topological polar surface area (TPSA) is 82.2 Å². The molecule has 172 valence electrons. The van der Waals surface area contributed by atoms with Crippen LogP contribution in [0.4, 0.5) is 11.5 Å². The van der Waals surface area contributed by atoms with Gasteiger partial charge >= 0.3 is 0 Å². The number of anilines is 1. The smallest absolute Gasteiger partial charge is 0.164 e. The van der Waals surface area contributed by atoms with Gasteiger partial charge in [0.2, 0.25) is 0 Å². The lowest BCUT2D eigenvalue weighted by Crippen LogP contribution is -2.31. The summed E-state index contributed by atoms with van der Waals surface area (Å²) in [6, 6.07) is 18.6. The summed E-state index contributed by atoms with van der Waals surface area (Å²) in [7, 11) is 0. The van der Waals surface area contributed by atoms with Crippen LogP contribution in [0.3, 0.4) is 0 Å². The highest BCUT2D eigenvalue weighted by atomic mass is 127. The highest BCUT2D eigenvalue weighted by molar-refractivity contribution is 14.1. The number of fused-ring (bicyclic) bond motifs is 1. The Labute approximate surface area is 206 Å². The van der Waals surface area contributed by atoms with Crippen molar-refractivity contribution in [2.45, 2.75) is 44.4 Å². The van der Waals surface area contributed by atoms with Crippen LogP contribution in [-0.4, -0.2) is 48.9 Å². The lowest BCUT2D eigenvalue weighted by molar-refractivity contribution is -0.0308. The minimum atomic E-state index is -1.02. The van der Waals surface area contributed by atoms with Gasteiger partial charge in [0.05, 0.1) is 18.3 Å². The number of hydrogen-bond acceptors (Lipinski definition) is 6. The van der Waals surface area contributed by atoms with E-state index in [2.05, 4.69) is 64.4 Å². The fraction of sp³-hybridized carbons (Fsp3) is 0.320. The summed E-state index contributed by atoms with van der Waals surface area (Å²) in [5.41, 5.74) is 8.86. The van der Waals surface area contributed by atoms with Gasteiger partial charge in [-0.1, -0.05) is 65.1 Å². The largest absolute Gasteiger partial charge is 0.388 e. The molecule has 0 amide bonds. The number of aliphatic hydroxyl groups is 2. The number of aliphatic imine (C=N–C) groups is 1. The van der Waals surface area contributed by atoms with Crippen LogP contribution in [0.1, 0.15) is 24.3 Å². The number of rotatable bonds is 6. The third-order valence-corrected chi connectivity index (χ3v) is 6.74. The van der Waals surface area contributed by atoms with Crippen molar-refractivity contribution < 1.29 is 14.9 Å². The van der Waals surface area contributed by atoms with Gasteiger partial charge in [-0.25, -0.2) is 4.99 Å². The molecule has 3 N–H and O–H groups in total. The molecule has 0 radical (unpaired) electrons. The standard InChI is InChI=1S/C25H27IN4O3/c1-16-22(31)23(32)25(33-16)30-14-20(18-5-3-2-4-6-18)21-13-29(15-27-24(21)30)28-19-9-7-17(8-10-19)11-12-26/h2-10,14-16,22-23,25,28,31-32H,11-13H2,1H3/t16-,22-,23-,25-/m1/s1. The molecule has 0 bridgehead atoms. The molecule has 1 saturated heterocycles. The van der Waals surface area contributed by atoms with E-state index in [9.17, 15) is 10.2 Å². The molecular weight excluding hydrogens is 531 g/mol. The minimum absolute atomic E-state index is 0.455. The highest BCUT2D eigenvalue weighted by Gasteiger charge is 2.42. The summed E-state index contributed by atoms with van der Waals surface area (Å²) in [5.74, 6) is 0.731. The molecule has 1 fully saturated rings. The lowest BCUT2D eigenvalue weighted by atomic mass is 10.0. The molecule has 0 saturated carbocycles. The van der Waals surface area contributed by atoms with E-state index in [4.69, 9.17) is 9.73 Å². The third-order valence-electron chi connectivity index (χ3n) is 6.20. The fourth-order valence-electron chi connectivity index (χ4n) is 4.40. The predicted octanol–water partition coefficient (Wildman–Crippen LogP) is 4.27. The number of halogens is 1. The van der Waals surface area contributed by atoms with Crippen LogP contribution >= 0.6 is 22.6 Å². The first-order valence-corrected chi connectivity index (χ1v) is 12.6. The number of nitrogens with zero attached hydrogens (tertiary/aromatic N) is 3. The van der Waals surface area contributed by atoms with Crippen molar-refractivity contribution in [3.05, 3.63) is 71.9 Å². The molecular formula is C25H27IN4O3. The quantitative estimate of drug-likeness (QED) is 0.311. The Kier molecular flexibility index (Phi) is 6.42. The van der Waals surface area contributed by atoms with Crippen LogP contribution in [0.25, 0.3) is 11.1 Å². The maximum absolute atomic E-state index is 10.6. The third kappa shape index (κ3) is 4.40. The van der Waals surface area contributed by atoms with E-state index in [1.807, 2.05) is 34.0 Å². The van der Waals surface area contributed by atoms with Gasteiger partial charge in [0.1, 0.15) is 24.4 Å². The Morgan fingerprint density at radius 3 is 2.52 bits per heavy atom. The van der Waals surface area contributed by atoms with Gasteiger partial charge in [-0.3, -0.25) is 10.4 Å². The first-order chi connectivity index (χ1) is 16.0. The lowest BCUT2D eigenvalue weighted by Gasteiger charge is -2.26. The van der Waals surface area contributed by atoms with E-state index in [1.165, 1.54) is 5.56 Å². The minimum Gasteiger partial charge on any atom is -0.388 e. The SMILES string of the molecule is C[C@H]1O[C@@H](n2cc(-c3ccccc3)c3c2N=CN(Nc2ccc(CCI)cc2)C3)[C@H](O)[C@@H]1O. The highest BCUT2D eigenvalue weighted by Crippen LogP contribution is 2.41. The zero-order chi connectivity index (χ0) is 22.9. The molecule has 1 aromatic heterocycles. The van der Waals surface area contributed by atoms with Crippen LogP contribution in [-0.2, 0) is 17.7 Å². The van der Waals surface area contributed by atoms with Crippen molar-refractivity contribution in [3.63, 3.8) is 0 Å². The average molecular weight is 558 g/mol. The first-order valence-electron chi connectivity index (χ1n) is 11.1. The molecule has 2 aliphatic rings. The van der Waals surface area contributed by atoms with Gasteiger partial charge in [0.15, 0.2) is 6.23 Å². The second kappa shape index (κ2) is 9.46. The zero-order valence-corrected chi connectivity index (χ0v) is 20.5.